The molecular weight excluding hydrogens is 538 g/mol. The number of amides is 3. The number of aromatic amines is 1. The van der Waals surface area contributed by atoms with Crippen molar-refractivity contribution in [1.29, 1.82) is 5.26 Å². The van der Waals surface area contributed by atoms with E-state index in [-0.39, 0.29) is 30.6 Å². The molecule has 1 saturated heterocycles. The highest BCUT2D eigenvalue weighted by Gasteiger charge is 2.54. The third kappa shape index (κ3) is 4.21. The highest BCUT2D eigenvalue weighted by molar-refractivity contribution is 7.16. The van der Waals surface area contributed by atoms with Gasteiger partial charge in [0, 0.05) is 21.8 Å². The fraction of sp³-hybridized carbons (Fsp3) is 0.480. The summed E-state index contributed by atoms with van der Waals surface area (Å²) in [4.78, 5) is 41.8. The smallest absolute Gasteiger partial charge is 0.258 e. The number of hydrogen-bond acceptors (Lipinski definition) is 10. The van der Waals surface area contributed by atoms with Gasteiger partial charge in [0.05, 0.1) is 22.4 Å². The molecule has 202 valence electrons. The first-order valence-electron chi connectivity index (χ1n) is 12.8. The van der Waals surface area contributed by atoms with Crippen LogP contribution in [0.25, 0.3) is 0 Å². The van der Waals surface area contributed by atoms with Crippen molar-refractivity contribution >= 4 is 40.4 Å². The molecule has 0 aromatic carbocycles. The summed E-state index contributed by atoms with van der Waals surface area (Å²) >= 11 is 2.59. The molecule has 1 saturated carbocycles. The quantitative estimate of drug-likeness (QED) is 0.308. The number of fused-ring (bicyclic) bond motifs is 3. The van der Waals surface area contributed by atoms with Crippen molar-refractivity contribution in [3.8, 4) is 6.07 Å². The molecule has 0 radical (unpaired) electrons. The Balaban J connectivity index is 1.38. The molecule has 3 amide bonds. The number of rotatable bonds is 8. The maximum Gasteiger partial charge on any atom is 0.258 e. The number of likely N-dealkylation sites (tertiary alicyclic amines) is 1. The first-order valence-corrected chi connectivity index (χ1v) is 14.4. The zero-order valence-electron chi connectivity index (χ0n) is 21.1. The van der Waals surface area contributed by atoms with Crippen molar-refractivity contribution in [2.24, 2.45) is 17.4 Å². The molecular formula is C25H27N9O3S2. The van der Waals surface area contributed by atoms with Crippen molar-refractivity contribution in [2.75, 3.05) is 6.54 Å². The van der Waals surface area contributed by atoms with Crippen molar-refractivity contribution in [1.82, 2.24) is 30.8 Å². The number of nitrogens with two attached hydrogens (primary N) is 2. The number of hydrogen-bond donors (Lipinski definition) is 4. The lowest BCUT2D eigenvalue weighted by Crippen LogP contribution is -2.46. The van der Waals surface area contributed by atoms with Crippen molar-refractivity contribution in [3.05, 3.63) is 48.6 Å². The molecule has 0 spiro atoms. The number of thiophene rings is 2. The summed E-state index contributed by atoms with van der Waals surface area (Å²) in [6.45, 7) is 2.05. The largest absolute Gasteiger partial charge is 0.365 e. The normalized spacial score (nSPS) is 23.2. The van der Waals surface area contributed by atoms with Crippen LogP contribution < -0.4 is 16.8 Å². The number of nitriles is 1. The van der Waals surface area contributed by atoms with E-state index in [1.165, 1.54) is 22.7 Å². The van der Waals surface area contributed by atoms with Crippen LogP contribution in [0.1, 0.15) is 72.2 Å². The molecule has 4 heterocycles. The van der Waals surface area contributed by atoms with E-state index in [4.69, 9.17) is 11.5 Å². The predicted octanol–water partition coefficient (Wildman–Crippen LogP) is 0.835. The van der Waals surface area contributed by atoms with Gasteiger partial charge in [0.25, 0.3) is 11.8 Å². The Morgan fingerprint density at radius 1 is 1.18 bits per heavy atom. The fourth-order valence-electron chi connectivity index (χ4n) is 6.20. The van der Waals surface area contributed by atoms with Gasteiger partial charge in [-0.05, 0) is 68.2 Å². The van der Waals surface area contributed by atoms with Crippen molar-refractivity contribution in [3.63, 3.8) is 0 Å². The van der Waals surface area contributed by atoms with Gasteiger partial charge in [0.1, 0.15) is 11.5 Å². The molecule has 0 bridgehead atoms. The van der Waals surface area contributed by atoms with Crippen molar-refractivity contribution < 1.29 is 14.4 Å². The van der Waals surface area contributed by atoms with Gasteiger partial charge in [0.2, 0.25) is 5.91 Å². The number of carbonyl (C=O) groups is 3. The lowest BCUT2D eigenvalue weighted by Gasteiger charge is -2.33. The van der Waals surface area contributed by atoms with E-state index in [1.807, 2.05) is 19.1 Å². The highest BCUT2D eigenvalue weighted by Crippen LogP contribution is 2.52. The van der Waals surface area contributed by atoms with Gasteiger partial charge < -0.3 is 21.7 Å². The van der Waals surface area contributed by atoms with Crippen molar-refractivity contribution in [2.45, 2.75) is 62.6 Å². The van der Waals surface area contributed by atoms with E-state index < -0.39 is 17.2 Å². The Hall–Kier alpha value is -3.67. The number of aryl methyl sites for hydroxylation is 2. The van der Waals surface area contributed by atoms with Crippen LogP contribution in [0.2, 0.25) is 0 Å². The number of piperidine rings is 1. The first-order chi connectivity index (χ1) is 18.7. The van der Waals surface area contributed by atoms with Gasteiger partial charge in [0.15, 0.2) is 5.82 Å². The summed E-state index contributed by atoms with van der Waals surface area (Å²) in [7, 11) is 0. The SMILES string of the molecule is C[C@H](CC1(c2nn[nH]n2)c2sc(C(N)=O)cc2CCc2cc(C(N)=O)sc21)NCC(=O)N1[C@H](C#N)C[C@@H]2C[C@@H]21. The summed E-state index contributed by atoms with van der Waals surface area (Å²) in [5, 5.41) is 28.1. The Kier molecular flexibility index (Phi) is 6.24. The van der Waals surface area contributed by atoms with Gasteiger partial charge in [-0.2, -0.15) is 10.5 Å². The molecule has 6 rings (SSSR count). The second-order valence-electron chi connectivity index (χ2n) is 10.5. The Bertz CT molecular complexity index is 1440. The van der Waals surface area contributed by atoms with E-state index in [2.05, 4.69) is 32.0 Å². The third-order valence-corrected chi connectivity index (χ3v) is 10.7. The maximum absolute atomic E-state index is 13.1. The van der Waals surface area contributed by atoms with Crippen LogP contribution in [0.4, 0.5) is 0 Å². The van der Waals surface area contributed by atoms with Gasteiger partial charge in [-0.15, -0.1) is 32.9 Å². The molecule has 0 unspecified atom stereocenters. The van der Waals surface area contributed by atoms with E-state index in [1.54, 1.807) is 4.90 Å². The molecule has 3 aliphatic rings. The Labute approximate surface area is 231 Å². The average Bonchev–Trinajstić information content (AvgIpc) is 3.42. The summed E-state index contributed by atoms with van der Waals surface area (Å²) in [5.41, 5.74) is 12.3. The number of carbonyl (C=O) groups excluding carboxylic acids is 3. The van der Waals surface area contributed by atoms with Crippen LogP contribution in [0, 0.1) is 17.2 Å². The number of nitrogens with one attached hydrogen (secondary N) is 2. The van der Waals surface area contributed by atoms with Crippen LogP contribution >= 0.6 is 22.7 Å². The monoisotopic (exact) mass is 565 g/mol. The summed E-state index contributed by atoms with van der Waals surface area (Å²) in [5.74, 6) is -0.294. The fourth-order valence-corrected chi connectivity index (χ4v) is 8.80. The van der Waals surface area contributed by atoms with Gasteiger partial charge >= 0.3 is 0 Å². The molecule has 3 aromatic heterocycles. The van der Waals surface area contributed by atoms with Crippen LogP contribution in [0.3, 0.4) is 0 Å². The van der Waals surface area contributed by atoms with E-state index in [0.29, 0.717) is 40.8 Å². The summed E-state index contributed by atoms with van der Waals surface area (Å²) < 4.78 is 0. The third-order valence-electron chi connectivity index (χ3n) is 8.03. The second kappa shape index (κ2) is 9.51. The standard InChI is InChI=1S/C25H27N9O3S2/c1-11(29-10-19(35)34-15(9-26)4-14-5-16(14)34)8-25(24-30-32-33-31-24)20-12(6-17(38-20)22(27)36)2-3-13-7-18(23(28)37)39-21(13)25/h6-7,11,14-16,29H,2-5,8,10H2,1H3,(H2,27,36)(H2,28,37)(H,30,31,32,33)/t11-,14-,15+,16+/m1/s1. The molecule has 3 aromatic rings. The minimum atomic E-state index is -0.967. The van der Waals surface area contributed by atoms with Crippen LogP contribution in [-0.4, -0.2) is 67.9 Å². The van der Waals surface area contributed by atoms with Gasteiger partial charge in [-0.1, -0.05) is 5.21 Å². The maximum atomic E-state index is 13.1. The van der Waals surface area contributed by atoms with Crippen LogP contribution in [-0.2, 0) is 23.1 Å². The Morgan fingerprint density at radius 3 is 2.36 bits per heavy atom. The minimum absolute atomic E-state index is 0.0819. The molecule has 39 heavy (non-hydrogen) atoms. The average molecular weight is 566 g/mol. The zero-order chi connectivity index (χ0) is 27.5. The van der Waals surface area contributed by atoms with Crippen LogP contribution in [0.5, 0.6) is 0 Å². The van der Waals surface area contributed by atoms with E-state index in [0.717, 1.165) is 33.7 Å². The molecule has 4 atom stereocenters. The zero-order valence-corrected chi connectivity index (χ0v) is 22.8. The highest BCUT2D eigenvalue weighted by atomic mass is 32.1. The number of tetrazole rings is 1. The van der Waals surface area contributed by atoms with Gasteiger partial charge in [-0.3, -0.25) is 14.4 Å². The number of H-pyrrole nitrogens is 1. The summed E-state index contributed by atoms with van der Waals surface area (Å²) in [6.07, 6.45) is 3.39. The van der Waals surface area contributed by atoms with Gasteiger partial charge in [-0.25, -0.2) is 0 Å². The summed E-state index contributed by atoms with van der Waals surface area (Å²) in [6, 6.07) is 5.49. The molecule has 12 nitrogen and oxygen atoms in total. The molecule has 1 aliphatic heterocycles. The van der Waals surface area contributed by atoms with Crippen LogP contribution in [0.15, 0.2) is 12.1 Å². The van der Waals surface area contributed by atoms with E-state index in [9.17, 15) is 19.6 Å². The lowest BCUT2D eigenvalue weighted by molar-refractivity contribution is -0.131. The first kappa shape index (κ1) is 25.6. The van der Waals surface area contributed by atoms with E-state index >= 15 is 0 Å². The number of aromatic nitrogens is 4. The second-order valence-corrected chi connectivity index (χ2v) is 12.6. The topological polar surface area (TPSA) is 197 Å². The minimum Gasteiger partial charge on any atom is -0.365 e. The predicted molar refractivity (Wildman–Crippen MR) is 142 cm³/mol. The number of nitrogens with zero attached hydrogens (tertiary/aromatic N) is 5. The Morgan fingerprint density at radius 2 is 1.82 bits per heavy atom. The lowest BCUT2D eigenvalue weighted by atomic mass is 9.76. The molecule has 2 fully saturated rings. The number of primary amides is 2. The molecule has 2 aliphatic carbocycles. The molecule has 14 heteroatoms. The molecule has 6 N–H and O–H groups in total.